The number of aliphatic hydroxyl groups is 3. The van der Waals surface area contributed by atoms with E-state index in [1.165, 1.54) is 6.20 Å². The third-order valence-electron chi connectivity index (χ3n) is 2.88. The van der Waals surface area contributed by atoms with Gasteiger partial charge in [-0.1, -0.05) is 0 Å². The summed E-state index contributed by atoms with van der Waals surface area (Å²) in [5.41, 5.74) is -1.29. The minimum atomic E-state index is -1.30. The average Bonchev–Trinajstić information content (AvgIpc) is 2.58. The fourth-order valence-electron chi connectivity index (χ4n) is 1.95. The highest BCUT2D eigenvalue weighted by Gasteiger charge is 2.43. The molecule has 100 valence electrons. The molecule has 1 aromatic rings. The first-order chi connectivity index (χ1) is 8.54. The maximum absolute atomic E-state index is 11.5. The van der Waals surface area contributed by atoms with Crippen LogP contribution >= 0.6 is 0 Å². The minimum absolute atomic E-state index is 0.146. The Kier molecular flexibility index (Phi) is 3.62. The van der Waals surface area contributed by atoms with Gasteiger partial charge in [-0.25, -0.2) is 4.79 Å². The van der Waals surface area contributed by atoms with Gasteiger partial charge in [-0.05, 0) is 6.42 Å². The van der Waals surface area contributed by atoms with Gasteiger partial charge in [0.25, 0.3) is 5.56 Å². The standard InChI is InChI=1S/C10H14N2O6/c13-4-2-5-7(15)8(16)9(18-5)12-3-1-6(14)11-10(12)17/h1,3,5,7-9,13,15-16H,2,4H2,(H,11,14,17)/t5-,7+,8-,9-/m1/s1. The first-order valence-corrected chi connectivity index (χ1v) is 5.48. The van der Waals surface area contributed by atoms with E-state index in [1.807, 2.05) is 4.98 Å². The molecule has 0 unspecified atom stereocenters. The molecule has 0 aliphatic carbocycles. The van der Waals surface area contributed by atoms with Gasteiger partial charge in [0.15, 0.2) is 6.23 Å². The fraction of sp³-hybridized carbons (Fsp3) is 0.600. The second-order valence-electron chi connectivity index (χ2n) is 4.08. The highest BCUT2D eigenvalue weighted by Crippen LogP contribution is 2.29. The van der Waals surface area contributed by atoms with Crippen LogP contribution in [0.25, 0.3) is 0 Å². The van der Waals surface area contributed by atoms with Crippen LogP contribution in [0.1, 0.15) is 12.6 Å². The Morgan fingerprint density at radius 1 is 1.33 bits per heavy atom. The zero-order chi connectivity index (χ0) is 13.3. The molecule has 1 aromatic heterocycles. The van der Waals surface area contributed by atoms with Gasteiger partial charge in [-0.2, -0.15) is 0 Å². The lowest BCUT2D eigenvalue weighted by molar-refractivity contribution is -0.0451. The maximum Gasteiger partial charge on any atom is 0.330 e. The van der Waals surface area contributed by atoms with E-state index >= 15 is 0 Å². The minimum Gasteiger partial charge on any atom is -0.396 e. The van der Waals surface area contributed by atoms with Crippen molar-refractivity contribution in [3.8, 4) is 0 Å². The highest BCUT2D eigenvalue weighted by atomic mass is 16.6. The SMILES string of the molecule is O=c1ccn([C@@H]2O[C@H](CCO)[C@H](O)[C@H]2O)c(=O)[nH]1. The van der Waals surface area contributed by atoms with E-state index in [0.717, 1.165) is 10.6 Å². The summed E-state index contributed by atoms with van der Waals surface area (Å²) in [7, 11) is 0. The molecule has 4 N–H and O–H groups in total. The summed E-state index contributed by atoms with van der Waals surface area (Å²) in [5.74, 6) is 0. The van der Waals surface area contributed by atoms with Crippen molar-refractivity contribution in [2.45, 2.75) is 31.0 Å². The van der Waals surface area contributed by atoms with E-state index in [1.54, 1.807) is 0 Å². The molecule has 8 nitrogen and oxygen atoms in total. The zero-order valence-electron chi connectivity index (χ0n) is 9.39. The molecule has 1 aliphatic rings. The molecule has 0 saturated carbocycles. The van der Waals surface area contributed by atoms with Crippen LogP contribution in [0.15, 0.2) is 21.9 Å². The van der Waals surface area contributed by atoms with E-state index in [2.05, 4.69) is 0 Å². The number of nitrogens with zero attached hydrogens (tertiary/aromatic N) is 1. The molecule has 18 heavy (non-hydrogen) atoms. The Morgan fingerprint density at radius 2 is 2.06 bits per heavy atom. The summed E-state index contributed by atoms with van der Waals surface area (Å²) in [6.07, 6.45) is -3.00. The normalized spacial score (nSPS) is 31.7. The number of ether oxygens (including phenoxy) is 1. The number of hydrogen-bond acceptors (Lipinski definition) is 6. The van der Waals surface area contributed by atoms with Crippen molar-refractivity contribution in [3.05, 3.63) is 33.1 Å². The van der Waals surface area contributed by atoms with Crippen LogP contribution in [0.2, 0.25) is 0 Å². The molecular formula is C10H14N2O6. The Hall–Kier alpha value is -1.48. The maximum atomic E-state index is 11.5. The third kappa shape index (κ3) is 2.23. The van der Waals surface area contributed by atoms with Crippen molar-refractivity contribution < 1.29 is 20.1 Å². The van der Waals surface area contributed by atoms with Crippen molar-refractivity contribution >= 4 is 0 Å². The molecule has 1 fully saturated rings. The van der Waals surface area contributed by atoms with Crippen molar-refractivity contribution in [1.82, 2.24) is 9.55 Å². The molecule has 1 saturated heterocycles. The Balaban J connectivity index is 2.29. The molecule has 0 amide bonds. The van der Waals surface area contributed by atoms with Crippen LogP contribution in [0.4, 0.5) is 0 Å². The molecule has 2 rings (SSSR count). The van der Waals surface area contributed by atoms with Crippen molar-refractivity contribution in [2.75, 3.05) is 6.61 Å². The van der Waals surface area contributed by atoms with E-state index in [9.17, 15) is 19.8 Å². The molecule has 0 bridgehead atoms. The van der Waals surface area contributed by atoms with Gasteiger partial charge in [0.2, 0.25) is 0 Å². The summed E-state index contributed by atoms with van der Waals surface area (Å²) in [4.78, 5) is 24.5. The molecule has 1 aliphatic heterocycles. The molecule has 0 aromatic carbocycles. The summed E-state index contributed by atoms with van der Waals surface area (Å²) >= 11 is 0. The van der Waals surface area contributed by atoms with Crippen molar-refractivity contribution in [2.24, 2.45) is 0 Å². The van der Waals surface area contributed by atoms with Crippen LogP contribution < -0.4 is 11.2 Å². The fourth-order valence-corrected chi connectivity index (χ4v) is 1.95. The number of H-pyrrole nitrogens is 1. The number of aliphatic hydroxyl groups excluding tert-OH is 3. The predicted octanol–water partition coefficient (Wildman–Crippen LogP) is -2.46. The lowest BCUT2D eigenvalue weighted by Crippen LogP contribution is -2.37. The number of nitrogens with one attached hydrogen (secondary N) is 1. The largest absolute Gasteiger partial charge is 0.396 e. The van der Waals surface area contributed by atoms with Gasteiger partial charge in [0, 0.05) is 18.9 Å². The van der Waals surface area contributed by atoms with E-state index in [4.69, 9.17) is 9.84 Å². The summed E-state index contributed by atoms with van der Waals surface area (Å²) < 4.78 is 6.31. The molecule has 0 spiro atoms. The second-order valence-corrected chi connectivity index (χ2v) is 4.08. The van der Waals surface area contributed by atoms with E-state index in [0.29, 0.717) is 0 Å². The van der Waals surface area contributed by atoms with Crippen molar-refractivity contribution in [1.29, 1.82) is 0 Å². The van der Waals surface area contributed by atoms with Crippen molar-refractivity contribution in [3.63, 3.8) is 0 Å². The lowest BCUT2D eigenvalue weighted by Gasteiger charge is -2.16. The summed E-state index contributed by atoms with van der Waals surface area (Å²) in [5, 5.41) is 28.3. The molecule has 2 heterocycles. The van der Waals surface area contributed by atoms with Gasteiger partial charge in [0.05, 0.1) is 6.10 Å². The second kappa shape index (κ2) is 5.02. The van der Waals surface area contributed by atoms with Crippen LogP contribution in [0.5, 0.6) is 0 Å². The van der Waals surface area contributed by atoms with Gasteiger partial charge in [-0.15, -0.1) is 0 Å². The van der Waals surface area contributed by atoms with E-state index < -0.39 is 35.8 Å². The highest BCUT2D eigenvalue weighted by molar-refractivity contribution is 4.92. The number of aromatic amines is 1. The molecule has 8 heteroatoms. The zero-order valence-corrected chi connectivity index (χ0v) is 9.39. The van der Waals surface area contributed by atoms with E-state index in [-0.39, 0.29) is 13.0 Å². The van der Waals surface area contributed by atoms with Crippen LogP contribution in [0, 0.1) is 0 Å². The van der Waals surface area contributed by atoms with Crippen LogP contribution in [0.3, 0.4) is 0 Å². The third-order valence-corrected chi connectivity index (χ3v) is 2.88. The summed E-state index contributed by atoms with van der Waals surface area (Å²) in [6, 6.07) is 1.11. The van der Waals surface area contributed by atoms with Crippen LogP contribution in [-0.2, 0) is 4.74 Å². The van der Waals surface area contributed by atoms with Gasteiger partial charge < -0.3 is 20.1 Å². The topological polar surface area (TPSA) is 125 Å². The molecule has 4 atom stereocenters. The summed E-state index contributed by atoms with van der Waals surface area (Å²) in [6.45, 7) is -0.207. The van der Waals surface area contributed by atoms with Crippen LogP contribution in [-0.4, -0.2) is 49.8 Å². The Labute approximate surface area is 101 Å². The predicted molar refractivity (Wildman–Crippen MR) is 58.9 cm³/mol. The monoisotopic (exact) mass is 258 g/mol. The average molecular weight is 258 g/mol. The number of rotatable bonds is 3. The quantitative estimate of drug-likeness (QED) is 0.476. The Bertz CT molecular complexity index is 524. The first kappa shape index (κ1) is 13.0. The number of aromatic nitrogens is 2. The van der Waals surface area contributed by atoms with Gasteiger partial charge in [0.1, 0.15) is 12.2 Å². The first-order valence-electron chi connectivity index (χ1n) is 5.48. The lowest BCUT2D eigenvalue weighted by atomic mass is 10.1. The Morgan fingerprint density at radius 3 is 2.67 bits per heavy atom. The van der Waals surface area contributed by atoms with Gasteiger partial charge in [-0.3, -0.25) is 14.3 Å². The smallest absolute Gasteiger partial charge is 0.330 e. The molecular weight excluding hydrogens is 244 g/mol. The molecule has 0 radical (unpaired) electrons. The van der Waals surface area contributed by atoms with Gasteiger partial charge >= 0.3 is 5.69 Å². The number of hydrogen-bond donors (Lipinski definition) is 4.